The van der Waals surface area contributed by atoms with Crippen LogP contribution >= 0.6 is 0 Å². The van der Waals surface area contributed by atoms with Gasteiger partial charge in [-0.1, -0.05) is 0 Å². The molecule has 1 unspecified atom stereocenters. The molecule has 3 rings (SSSR count). The minimum Gasteiger partial charge on any atom is -0.341 e. The molecule has 2 fully saturated rings. The Hall–Kier alpha value is -1.51. The molecule has 138 valence electrons. The molecule has 0 aliphatic carbocycles. The van der Waals surface area contributed by atoms with Crippen molar-refractivity contribution in [3.8, 4) is 0 Å². The van der Waals surface area contributed by atoms with E-state index in [0.717, 1.165) is 31.5 Å². The third-order valence-electron chi connectivity index (χ3n) is 4.84. The zero-order valence-corrected chi connectivity index (χ0v) is 15.0. The number of amides is 1. The first-order chi connectivity index (χ1) is 12.0. The monoisotopic (exact) mass is 369 g/mol. The predicted octanol–water partition coefficient (Wildman–Crippen LogP) is 1.19. The number of sulfonamides is 1. The van der Waals surface area contributed by atoms with Gasteiger partial charge in [0.15, 0.2) is 0 Å². The number of halogens is 1. The van der Waals surface area contributed by atoms with Gasteiger partial charge in [0.25, 0.3) is 0 Å². The molecule has 1 aromatic carbocycles. The number of hydrogen-bond acceptors (Lipinski definition) is 4. The van der Waals surface area contributed by atoms with Crippen LogP contribution in [0.5, 0.6) is 0 Å². The molecule has 1 amide bonds. The highest BCUT2D eigenvalue weighted by Crippen LogP contribution is 2.19. The van der Waals surface area contributed by atoms with E-state index in [1.165, 1.54) is 16.4 Å². The van der Waals surface area contributed by atoms with Crippen molar-refractivity contribution in [3.05, 3.63) is 30.1 Å². The Morgan fingerprint density at radius 3 is 2.56 bits per heavy atom. The quantitative estimate of drug-likeness (QED) is 0.866. The molecule has 8 heteroatoms. The second-order valence-electron chi connectivity index (χ2n) is 6.59. The molecule has 0 saturated carbocycles. The number of hydrogen-bond donors (Lipinski definition) is 1. The minimum absolute atomic E-state index is 0.0837. The smallest absolute Gasteiger partial charge is 0.243 e. The molecule has 2 saturated heterocycles. The van der Waals surface area contributed by atoms with Crippen molar-refractivity contribution in [2.75, 3.05) is 32.7 Å². The average Bonchev–Trinajstić information content (AvgIpc) is 2.95. The Kier molecular flexibility index (Phi) is 5.71. The highest BCUT2D eigenvalue weighted by molar-refractivity contribution is 7.89. The number of carbonyl (C=O) groups is 1. The first kappa shape index (κ1) is 18.3. The fraction of sp³-hybridized carbons (Fsp3) is 0.588. The molecular formula is C17H24FN3O3S. The van der Waals surface area contributed by atoms with Gasteiger partial charge >= 0.3 is 0 Å². The second-order valence-corrected chi connectivity index (χ2v) is 8.53. The van der Waals surface area contributed by atoms with E-state index in [1.807, 2.05) is 0 Å². The van der Waals surface area contributed by atoms with Gasteiger partial charge in [0, 0.05) is 38.6 Å². The topological polar surface area (TPSA) is 69.7 Å². The first-order valence-electron chi connectivity index (χ1n) is 8.74. The lowest BCUT2D eigenvalue weighted by Gasteiger charge is -2.23. The number of carbonyl (C=O) groups excluding carboxylic acids is 1. The zero-order valence-electron chi connectivity index (χ0n) is 14.2. The maximum absolute atomic E-state index is 13.0. The summed E-state index contributed by atoms with van der Waals surface area (Å²) in [5.41, 5.74) is 0. The van der Waals surface area contributed by atoms with Crippen molar-refractivity contribution in [2.45, 2.75) is 36.6 Å². The van der Waals surface area contributed by atoms with Crippen LogP contribution in [-0.4, -0.2) is 62.3 Å². The van der Waals surface area contributed by atoms with Crippen molar-refractivity contribution < 1.29 is 17.6 Å². The van der Waals surface area contributed by atoms with Crippen LogP contribution in [0, 0.1) is 5.82 Å². The van der Waals surface area contributed by atoms with E-state index in [-0.39, 0.29) is 23.4 Å². The molecule has 0 radical (unpaired) electrons. The fourth-order valence-corrected chi connectivity index (χ4v) is 4.88. The van der Waals surface area contributed by atoms with Gasteiger partial charge in [-0.25, -0.2) is 12.8 Å². The highest BCUT2D eigenvalue weighted by atomic mass is 32.2. The molecule has 0 aromatic heterocycles. The summed E-state index contributed by atoms with van der Waals surface area (Å²) in [6, 6.07) is 5.11. The van der Waals surface area contributed by atoms with E-state index >= 15 is 0 Å². The molecule has 2 heterocycles. The van der Waals surface area contributed by atoms with Gasteiger partial charge in [0.05, 0.1) is 4.90 Å². The first-order valence-corrected chi connectivity index (χ1v) is 10.2. The van der Waals surface area contributed by atoms with E-state index < -0.39 is 15.8 Å². The van der Waals surface area contributed by atoms with Crippen LogP contribution in [0.4, 0.5) is 4.39 Å². The van der Waals surface area contributed by atoms with Crippen LogP contribution in [0.3, 0.4) is 0 Å². The number of benzene rings is 1. The van der Waals surface area contributed by atoms with Crippen molar-refractivity contribution in [1.29, 1.82) is 0 Å². The van der Waals surface area contributed by atoms with E-state index in [2.05, 4.69) is 5.32 Å². The summed E-state index contributed by atoms with van der Waals surface area (Å²) < 4.78 is 39.8. The van der Waals surface area contributed by atoms with E-state index in [1.54, 1.807) is 4.90 Å². The van der Waals surface area contributed by atoms with E-state index in [0.29, 0.717) is 32.5 Å². The fourth-order valence-electron chi connectivity index (χ4n) is 3.41. The summed E-state index contributed by atoms with van der Waals surface area (Å²) in [5, 5.41) is 3.32. The molecule has 1 N–H and O–H groups in total. The molecule has 25 heavy (non-hydrogen) atoms. The minimum atomic E-state index is -3.66. The number of nitrogens with zero attached hydrogens (tertiary/aromatic N) is 2. The van der Waals surface area contributed by atoms with Crippen LogP contribution in [0.25, 0.3) is 0 Å². The Morgan fingerprint density at radius 2 is 1.88 bits per heavy atom. The van der Waals surface area contributed by atoms with Crippen LogP contribution in [0.15, 0.2) is 29.2 Å². The van der Waals surface area contributed by atoms with Gasteiger partial charge in [-0.05, 0) is 50.1 Å². The normalized spacial score (nSPS) is 22.8. The summed E-state index contributed by atoms with van der Waals surface area (Å²) in [6.07, 6.45) is 3.20. The van der Waals surface area contributed by atoms with Crippen molar-refractivity contribution in [1.82, 2.24) is 14.5 Å². The molecule has 6 nitrogen and oxygen atoms in total. The van der Waals surface area contributed by atoms with Crippen LogP contribution in [0.2, 0.25) is 0 Å². The summed E-state index contributed by atoms with van der Waals surface area (Å²) in [4.78, 5) is 14.3. The summed E-state index contributed by atoms with van der Waals surface area (Å²) in [7, 11) is -3.66. The van der Waals surface area contributed by atoms with Gasteiger partial charge in [-0.2, -0.15) is 4.31 Å². The van der Waals surface area contributed by atoms with Crippen LogP contribution in [0.1, 0.15) is 25.7 Å². The van der Waals surface area contributed by atoms with Crippen LogP contribution in [-0.2, 0) is 14.8 Å². The Morgan fingerprint density at radius 1 is 1.12 bits per heavy atom. The van der Waals surface area contributed by atoms with Gasteiger partial charge in [0.1, 0.15) is 5.82 Å². The summed E-state index contributed by atoms with van der Waals surface area (Å²) in [6.45, 7) is 2.56. The molecular weight excluding hydrogens is 345 g/mol. The highest BCUT2D eigenvalue weighted by Gasteiger charge is 2.29. The summed E-state index contributed by atoms with van der Waals surface area (Å²) in [5.74, 6) is -0.382. The lowest BCUT2D eigenvalue weighted by molar-refractivity contribution is -0.131. The Labute approximate surface area is 148 Å². The number of rotatable bonds is 4. The second kappa shape index (κ2) is 7.80. The lowest BCUT2D eigenvalue weighted by Crippen LogP contribution is -2.39. The third-order valence-corrected chi connectivity index (χ3v) is 6.76. The number of nitrogens with one attached hydrogen (secondary N) is 1. The molecule has 2 aliphatic heterocycles. The zero-order chi connectivity index (χ0) is 17.9. The lowest BCUT2D eigenvalue weighted by atomic mass is 10.1. The summed E-state index contributed by atoms with van der Waals surface area (Å²) >= 11 is 0. The molecule has 0 spiro atoms. The average molecular weight is 369 g/mol. The molecule has 0 bridgehead atoms. The third kappa shape index (κ3) is 4.37. The van der Waals surface area contributed by atoms with Gasteiger partial charge in [0.2, 0.25) is 15.9 Å². The Bertz CT molecular complexity index is 702. The van der Waals surface area contributed by atoms with E-state index in [9.17, 15) is 17.6 Å². The standard InChI is InChI=1S/C17H24FN3O3S/c18-14-4-6-16(7-5-14)25(23,24)21-10-2-9-20(11-12-21)17(22)13-15-3-1-8-19-15/h4-7,15,19H,1-3,8-13H2. The molecule has 1 aromatic rings. The molecule has 1 atom stereocenters. The SMILES string of the molecule is O=C(CC1CCCN1)N1CCCN(S(=O)(=O)c2ccc(F)cc2)CC1. The maximum atomic E-state index is 13.0. The van der Waals surface area contributed by atoms with Crippen molar-refractivity contribution in [3.63, 3.8) is 0 Å². The van der Waals surface area contributed by atoms with Gasteiger partial charge < -0.3 is 10.2 Å². The maximum Gasteiger partial charge on any atom is 0.243 e. The van der Waals surface area contributed by atoms with Crippen LogP contribution < -0.4 is 5.32 Å². The molecule has 2 aliphatic rings. The Balaban J connectivity index is 1.62. The van der Waals surface area contributed by atoms with E-state index in [4.69, 9.17) is 0 Å². The van der Waals surface area contributed by atoms with Gasteiger partial charge in [-0.15, -0.1) is 0 Å². The largest absolute Gasteiger partial charge is 0.341 e. The predicted molar refractivity (Wildman–Crippen MR) is 92.0 cm³/mol. The van der Waals surface area contributed by atoms with Crippen molar-refractivity contribution >= 4 is 15.9 Å². The van der Waals surface area contributed by atoms with Gasteiger partial charge in [-0.3, -0.25) is 4.79 Å². The van der Waals surface area contributed by atoms with Crippen molar-refractivity contribution in [2.24, 2.45) is 0 Å².